The summed E-state index contributed by atoms with van der Waals surface area (Å²) >= 11 is 6.20. The van der Waals surface area contributed by atoms with Crippen LogP contribution in [-0.4, -0.2) is 41.6 Å². The monoisotopic (exact) mass is 344 g/mol. The molecule has 5 nitrogen and oxygen atoms in total. The van der Waals surface area contributed by atoms with Gasteiger partial charge in [-0.3, -0.25) is 9.69 Å². The summed E-state index contributed by atoms with van der Waals surface area (Å²) in [7, 11) is 0. The highest BCUT2D eigenvalue weighted by Gasteiger charge is 2.13. The van der Waals surface area contributed by atoms with Gasteiger partial charge in [-0.15, -0.1) is 0 Å². The predicted octanol–water partition coefficient (Wildman–Crippen LogP) is 3.13. The van der Waals surface area contributed by atoms with Gasteiger partial charge in [0.25, 0.3) is 5.91 Å². The minimum atomic E-state index is -0.103. The molecule has 24 heavy (non-hydrogen) atoms. The highest BCUT2D eigenvalue weighted by atomic mass is 35.5. The fourth-order valence-electron chi connectivity index (χ4n) is 2.89. The van der Waals surface area contributed by atoms with Crippen molar-refractivity contribution < 1.29 is 4.79 Å². The summed E-state index contributed by atoms with van der Waals surface area (Å²) in [4.78, 5) is 18.5. The molecule has 0 spiro atoms. The average molecular weight is 345 g/mol. The molecule has 1 fully saturated rings. The number of aromatic nitrogens is 1. The molecule has 3 rings (SSSR count). The van der Waals surface area contributed by atoms with E-state index in [1.165, 1.54) is 6.42 Å². The Morgan fingerprint density at radius 2 is 2.12 bits per heavy atom. The molecule has 1 aliphatic heterocycles. The summed E-state index contributed by atoms with van der Waals surface area (Å²) < 4.78 is 0. The summed E-state index contributed by atoms with van der Waals surface area (Å²) in [5.74, 6) is -0.103. The van der Waals surface area contributed by atoms with Gasteiger partial charge in [-0.1, -0.05) is 30.2 Å². The molecule has 1 aromatic carbocycles. The lowest BCUT2D eigenvalue weighted by Crippen LogP contribution is -2.38. The number of pyridine rings is 1. The van der Waals surface area contributed by atoms with Crippen LogP contribution in [0.15, 0.2) is 29.4 Å². The largest absolute Gasteiger partial charge is 0.294 e. The molecule has 0 aliphatic carbocycles. The molecule has 2 heterocycles. The first kappa shape index (κ1) is 16.9. The molecule has 0 bridgehead atoms. The maximum atomic E-state index is 11.9. The number of aryl methyl sites for hydroxylation is 1. The van der Waals surface area contributed by atoms with E-state index in [4.69, 9.17) is 11.6 Å². The Balaban J connectivity index is 1.63. The number of hydrazone groups is 1. The van der Waals surface area contributed by atoms with E-state index in [0.717, 1.165) is 42.4 Å². The van der Waals surface area contributed by atoms with Crippen molar-refractivity contribution in [1.82, 2.24) is 15.3 Å². The van der Waals surface area contributed by atoms with Crippen molar-refractivity contribution in [3.05, 3.63) is 40.5 Å². The van der Waals surface area contributed by atoms with Crippen LogP contribution in [0.1, 0.15) is 30.4 Å². The molecule has 1 saturated heterocycles. The van der Waals surface area contributed by atoms with Crippen LogP contribution in [0.4, 0.5) is 0 Å². The number of carbonyl (C=O) groups excluding carboxylic acids is 1. The van der Waals surface area contributed by atoms with Crippen molar-refractivity contribution in [2.75, 3.05) is 19.6 Å². The van der Waals surface area contributed by atoms with Gasteiger partial charge in [-0.05, 0) is 50.6 Å². The standard InChI is InChI=1S/C18H21ClN4O/c1-13-5-6-14-10-15(18(19)21-16(14)9-13)11-20-22-17(24)12-23-7-3-2-4-8-23/h5-6,9-11H,2-4,7-8,12H2,1H3,(H,22,24). The molecule has 2 aromatic rings. The molecule has 0 unspecified atom stereocenters. The lowest BCUT2D eigenvalue weighted by atomic mass is 10.1. The Morgan fingerprint density at radius 1 is 1.33 bits per heavy atom. The maximum absolute atomic E-state index is 11.9. The average Bonchev–Trinajstić information content (AvgIpc) is 2.56. The molecular formula is C18H21ClN4O. The minimum absolute atomic E-state index is 0.103. The lowest BCUT2D eigenvalue weighted by Gasteiger charge is -2.25. The zero-order valence-corrected chi connectivity index (χ0v) is 14.5. The van der Waals surface area contributed by atoms with Crippen molar-refractivity contribution in [1.29, 1.82) is 0 Å². The summed E-state index contributed by atoms with van der Waals surface area (Å²) in [5, 5.41) is 5.39. The molecular weight excluding hydrogens is 324 g/mol. The SMILES string of the molecule is Cc1ccc2cc(C=NNC(=O)CN3CCCCC3)c(Cl)nc2c1. The van der Waals surface area contributed by atoms with E-state index in [1.807, 2.05) is 31.2 Å². The first-order valence-electron chi connectivity index (χ1n) is 8.23. The van der Waals surface area contributed by atoms with Crippen molar-refractivity contribution in [3.8, 4) is 0 Å². The van der Waals surface area contributed by atoms with E-state index in [9.17, 15) is 4.79 Å². The smallest absolute Gasteiger partial charge is 0.254 e. The second-order valence-electron chi connectivity index (χ2n) is 6.19. The van der Waals surface area contributed by atoms with Gasteiger partial charge in [0.05, 0.1) is 18.3 Å². The number of nitrogens with zero attached hydrogens (tertiary/aromatic N) is 3. The van der Waals surface area contributed by atoms with E-state index >= 15 is 0 Å². The number of likely N-dealkylation sites (tertiary alicyclic amines) is 1. The number of halogens is 1. The van der Waals surface area contributed by atoms with Gasteiger partial charge in [-0.25, -0.2) is 10.4 Å². The van der Waals surface area contributed by atoms with Gasteiger partial charge in [0.15, 0.2) is 0 Å². The number of hydrogen-bond acceptors (Lipinski definition) is 4. The van der Waals surface area contributed by atoms with Gasteiger partial charge in [-0.2, -0.15) is 5.10 Å². The van der Waals surface area contributed by atoms with Crippen LogP contribution in [0, 0.1) is 6.92 Å². The Hall–Kier alpha value is -1.98. The normalized spacial score (nSPS) is 15.9. The third-order valence-electron chi connectivity index (χ3n) is 4.16. The molecule has 0 radical (unpaired) electrons. The lowest BCUT2D eigenvalue weighted by molar-refractivity contribution is -0.122. The third-order valence-corrected chi connectivity index (χ3v) is 4.47. The topological polar surface area (TPSA) is 57.6 Å². The Kier molecular flexibility index (Phi) is 5.43. The number of amides is 1. The molecule has 1 amide bonds. The molecule has 1 aliphatic rings. The number of fused-ring (bicyclic) bond motifs is 1. The minimum Gasteiger partial charge on any atom is -0.294 e. The van der Waals surface area contributed by atoms with Crippen molar-refractivity contribution in [2.45, 2.75) is 26.2 Å². The highest BCUT2D eigenvalue weighted by molar-refractivity contribution is 6.32. The number of benzene rings is 1. The van der Waals surface area contributed by atoms with Gasteiger partial charge in [0.2, 0.25) is 0 Å². The van der Waals surface area contributed by atoms with Crippen LogP contribution < -0.4 is 5.43 Å². The molecule has 126 valence electrons. The number of rotatable bonds is 4. The second kappa shape index (κ2) is 7.73. The summed E-state index contributed by atoms with van der Waals surface area (Å²) in [5.41, 5.74) is 5.24. The van der Waals surface area contributed by atoms with Gasteiger partial charge >= 0.3 is 0 Å². The van der Waals surface area contributed by atoms with Crippen molar-refractivity contribution in [2.24, 2.45) is 5.10 Å². The zero-order valence-electron chi connectivity index (χ0n) is 13.8. The highest BCUT2D eigenvalue weighted by Crippen LogP contribution is 2.20. The predicted molar refractivity (Wildman–Crippen MR) is 97.5 cm³/mol. The fourth-order valence-corrected chi connectivity index (χ4v) is 3.08. The summed E-state index contributed by atoms with van der Waals surface area (Å²) in [6.07, 6.45) is 5.12. The van der Waals surface area contributed by atoms with Gasteiger partial charge in [0.1, 0.15) is 5.15 Å². The van der Waals surface area contributed by atoms with Crippen molar-refractivity contribution >= 4 is 34.6 Å². The number of nitrogens with one attached hydrogen (secondary N) is 1. The van der Waals surface area contributed by atoms with Crippen LogP contribution in [0.2, 0.25) is 5.15 Å². The van der Waals surface area contributed by atoms with E-state index in [0.29, 0.717) is 17.3 Å². The molecule has 1 N–H and O–H groups in total. The number of hydrogen-bond donors (Lipinski definition) is 1. The fraction of sp³-hybridized carbons (Fsp3) is 0.389. The Bertz CT molecular complexity index is 769. The van der Waals surface area contributed by atoms with Crippen LogP contribution in [0.3, 0.4) is 0 Å². The summed E-state index contributed by atoms with van der Waals surface area (Å²) in [6, 6.07) is 7.94. The van der Waals surface area contributed by atoms with Crippen LogP contribution in [0.25, 0.3) is 10.9 Å². The maximum Gasteiger partial charge on any atom is 0.254 e. The van der Waals surface area contributed by atoms with Gasteiger partial charge < -0.3 is 0 Å². The van der Waals surface area contributed by atoms with E-state index in [2.05, 4.69) is 20.4 Å². The molecule has 6 heteroatoms. The molecule has 0 saturated carbocycles. The van der Waals surface area contributed by atoms with Crippen LogP contribution in [-0.2, 0) is 4.79 Å². The Morgan fingerprint density at radius 3 is 2.92 bits per heavy atom. The molecule has 1 aromatic heterocycles. The van der Waals surface area contributed by atoms with Crippen LogP contribution >= 0.6 is 11.6 Å². The first-order valence-corrected chi connectivity index (χ1v) is 8.61. The van der Waals surface area contributed by atoms with E-state index in [1.54, 1.807) is 6.21 Å². The number of carbonyl (C=O) groups is 1. The van der Waals surface area contributed by atoms with E-state index < -0.39 is 0 Å². The molecule has 0 atom stereocenters. The van der Waals surface area contributed by atoms with E-state index in [-0.39, 0.29) is 5.91 Å². The zero-order chi connectivity index (χ0) is 16.9. The van der Waals surface area contributed by atoms with Crippen LogP contribution in [0.5, 0.6) is 0 Å². The quantitative estimate of drug-likeness (QED) is 0.526. The van der Waals surface area contributed by atoms with Gasteiger partial charge in [0, 0.05) is 10.9 Å². The third kappa shape index (κ3) is 4.30. The first-order chi connectivity index (χ1) is 11.6. The summed E-state index contributed by atoms with van der Waals surface area (Å²) in [6.45, 7) is 4.37. The Labute approximate surface area is 146 Å². The second-order valence-corrected chi connectivity index (χ2v) is 6.55. The number of piperidine rings is 1. The van der Waals surface area contributed by atoms with Crippen molar-refractivity contribution in [3.63, 3.8) is 0 Å².